The fourth-order valence-electron chi connectivity index (χ4n) is 4.34. The van der Waals surface area contributed by atoms with Crippen LogP contribution in [0.1, 0.15) is 33.0 Å². The number of amides is 2. The van der Waals surface area contributed by atoms with Gasteiger partial charge < -0.3 is 11.1 Å². The third-order valence-electron chi connectivity index (χ3n) is 6.05. The lowest BCUT2D eigenvalue weighted by molar-refractivity contribution is -0.137. The molecule has 4 rings (SSSR count). The molecule has 2 amide bonds. The summed E-state index contributed by atoms with van der Waals surface area (Å²) in [4.78, 5) is 25.6. The Balaban J connectivity index is 1.79. The molecule has 0 aliphatic heterocycles. The van der Waals surface area contributed by atoms with E-state index >= 15 is 0 Å². The zero-order valence-corrected chi connectivity index (χ0v) is 21.1. The van der Waals surface area contributed by atoms with E-state index < -0.39 is 50.9 Å². The third kappa shape index (κ3) is 4.63. The molecule has 0 bridgehead atoms. The van der Waals surface area contributed by atoms with Gasteiger partial charge in [0.2, 0.25) is 5.91 Å². The molecule has 13 heteroatoms. The van der Waals surface area contributed by atoms with E-state index in [2.05, 4.69) is 5.32 Å². The number of primary amides is 1. The quantitative estimate of drug-likeness (QED) is 0.240. The van der Waals surface area contributed by atoms with Gasteiger partial charge in [-0.05, 0) is 53.6 Å². The third-order valence-corrected chi connectivity index (χ3v) is 7.63. The Labute approximate surface area is 226 Å². The highest BCUT2D eigenvalue weighted by molar-refractivity contribution is 6.55. The molecule has 1 fully saturated rings. The maximum absolute atomic E-state index is 14.0. The SMILES string of the molecule is NC(=O)C1(c2ccc(Cl)c(C(=O)Nc3ccc(F)cc3F)c2)C(c2cc(Cl)cc(C(F)(F)F)c2)C1(Cl)Cl. The molecule has 3 aromatic rings. The summed E-state index contributed by atoms with van der Waals surface area (Å²) in [6, 6.07) is 8.72. The second-order valence-corrected chi connectivity index (χ2v) is 10.5. The molecule has 3 aromatic carbocycles. The lowest BCUT2D eigenvalue weighted by Crippen LogP contribution is -2.34. The number of carbonyl (C=O) groups excluding carboxylic acids is 2. The number of rotatable bonds is 5. The fraction of sp³-hybridized carbons (Fsp3) is 0.167. The molecule has 0 aromatic heterocycles. The van der Waals surface area contributed by atoms with Crippen molar-refractivity contribution in [3.05, 3.63) is 98.5 Å². The fourth-order valence-corrected chi connectivity index (χ4v) is 5.88. The first kappa shape index (κ1) is 27.4. The van der Waals surface area contributed by atoms with Crippen molar-refractivity contribution in [2.45, 2.75) is 21.8 Å². The molecule has 0 heterocycles. The Bertz CT molecular complexity index is 1450. The van der Waals surface area contributed by atoms with Crippen LogP contribution in [0.2, 0.25) is 10.0 Å². The first-order valence-corrected chi connectivity index (χ1v) is 11.7. The Morgan fingerprint density at radius 1 is 0.946 bits per heavy atom. The summed E-state index contributed by atoms with van der Waals surface area (Å²) in [5, 5.41) is 1.82. The molecule has 1 saturated carbocycles. The topological polar surface area (TPSA) is 72.2 Å². The first-order chi connectivity index (χ1) is 17.1. The number of nitrogens with two attached hydrogens (primary N) is 1. The van der Waals surface area contributed by atoms with E-state index in [9.17, 15) is 31.5 Å². The average molecular weight is 598 g/mol. The zero-order valence-electron chi connectivity index (χ0n) is 18.1. The minimum atomic E-state index is -4.76. The molecule has 3 N–H and O–H groups in total. The number of hydrogen-bond acceptors (Lipinski definition) is 2. The molecule has 2 atom stereocenters. The van der Waals surface area contributed by atoms with Gasteiger partial charge in [0, 0.05) is 17.0 Å². The summed E-state index contributed by atoms with van der Waals surface area (Å²) in [6.07, 6.45) is -4.76. The molecule has 1 aliphatic rings. The summed E-state index contributed by atoms with van der Waals surface area (Å²) in [5.74, 6) is -5.24. The van der Waals surface area contributed by atoms with Crippen LogP contribution in [0.15, 0.2) is 54.6 Å². The molecule has 1 aliphatic carbocycles. The van der Waals surface area contributed by atoms with Crippen LogP contribution in [0.4, 0.5) is 27.6 Å². The molecule has 0 spiro atoms. The van der Waals surface area contributed by atoms with Crippen molar-refractivity contribution in [3.8, 4) is 0 Å². The summed E-state index contributed by atoms with van der Waals surface area (Å²) in [6.45, 7) is 0. The number of hydrogen-bond donors (Lipinski definition) is 2. The van der Waals surface area contributed by atoms with Crippen molar-refractivity contribution >= 4 is 63.9 Å². The van der Waals surface area contributed by atoms with Crippen LogP contribution >= 0.6 is 46.4 Å². The summed E-state index contributed by atoms with van der Waals surface area (Å²) < 4.78 is 65.4. The largest absolute Gasteiger partial charge is 0.416 e. The summed E-state index contributed by atoms with van der Waals surface area (Å²) in [7, 11) is 0. The van der Waals surface area contributed by atoms with Gasteiger partial charge in [0.25, 0.3) is 5.91 Å². The Kier molecular flexibility index (Phi) is 6.90. The molecular weight excluding hydrogens is 585 g/mol. The second-order valence-electron chi connectivity index (χ2n) is 8.27. The summed E-state index contributed by atoms with van der Waals surface area (Å²) >= 11 is 25.0. The van der Waals surface area contributed by atoms with Crippen LogP contribution < -0.4 is 11.1 Å². The van der Waals surface area contributed by atoms with Crippen molar-refractivity contribution < 1.29 is 31.5 Å². The highest BCUT2D eigenvalue weighted by atomic mass is 35.5. The van der Waals surface area contributed by atoms with Crippen LogP contribution in [0.5, 0.6) is 0 Å². The van der Waals surface area contributed by atoms with Gasteiger partial charge in [0.15, 0.2) is 0 Å². The maximum Gasteiger partial charge on any atom is 0.416 e. The number of carbonyl (C=O) groups is 2. The minimum Gasteiger partial charge on any atom is -0.369 e. The number of anilines is 1. The molecule has 194 valence electrons. The van der Waals surface area contributed by atoms with Gasteiger partial charge in [-0.3, -0.25) is 9.59 Å². The Morgan fingerprint density at radius 3 is 2.22 bits per heavy atom. The molecule has 37 heavy (non-hydrogen) atoms. The van der Waals surface area contributed by atoms with Crippen LogP contribution in [0.25, 0.3) is 0 Å². The van der Waals surface area contributed by atoms with Gasteiger partial charge in [-0.15, -0.1) is 0 Å². The van der Waals surface area contributed by atoms with E-state index in [1.54, 1.807) is 0 Å². The molecule has 2 unspecified atom stereocenters. The molecule has 0 saturated heterocycles. The van der Waals surface area contributed by atoms with Crippen LogP contribution in [-0.4, -0.2) is 16.1 Å². The summed E-state index contributed by atoms with van der Waals surface area (Å²) in [5.41, 5.74) is 1.83. The van der Waals surface area contributed by atoms with Gasteiger partial charge in [0.1, 0.15) is 21.4 Å². The minimum absolute atomic E-state index is 0.0299. The van der Waals surface area contributed by atoms with Crippen LogP contribution in [0, 0.1) is 11.6 Å². The lowest BCUT2D eigenvalue weighted by Gasteiger charge is -2.18. The van der Waals surface area contributed by atoms with Crippen molar-refractivity contribution in [1.82, 2.24) is 0 Å². The standard InChI is InChI=1S/C24H13Cl4F5N2O2/c25-13-6-10(5-12(7-13)24(31,32)33)19-22(21(34)37,23(19,27)28)11-1-3-16(26)15(8-11)20(36)35-18-4-2-14(29)9-17(18)30/h1-9,19H,(H2,34,37)(H,35,36). The van der Waals surface area contributed by atoms with Gasteiger partial charge >= 0.3 is 6.18 Å². The average Bonchev–Trinajstić information content (AvgIpc) is 3.32. The van der Waals surface area contributed by atoms with Gasteiger partial charge in [0.05, 0.1) is 21.8 Å². The second kappa shape index (κ2) is 9.31. The van der Waals surface area contributed by atoms with Crippen molar-refractivity contribution in [2.75, 3.05) is 5.32 Å². The predicted molar refractivity (Wildman–Crippen MR) is 130 cm³/mol. The first-order valence-electron chi connectivity index (χ1n) is 10.2. The van der Waals surface area contributed by atoms with Crippen molar-refractivity contribution in [3.63, 3.8) is 0 Å². The van der Waals surface area contributed by atoms with Gasteiger partial charge in [-0.2, -0.15) is 13.2 Å². The Morgan fingerprint density at radius 2 is 1.62 bits per heavy atom. The van der Waals surface area contributed by atoms with E-state index in [0.717, 1.165) is 24.3 Å². The molecule has 0 radical (unpaired) electrons. The van der Waals surface area contributed by atoms with E-state index in [4.69, 9.17) is 52.1 Å². The van der Waals surface area contributed by atoms with Crippen LogP contribution in [-0.2, 0) is 16.4 Å². The zero-order chi connectivity index (χ0) is 27.5. The van der Waals surface area contributed by atoms with Gasteiger partial charge in [-0.25, -0.2) is 8.78 Å². The van der Waals surface area contributed by atoms with E-state index in [1.807, 2.05) is 0 Å². The highest BCUT2D eigenvalue weighted by Crippen LogP contribution is 2.74. The van der Waals surface area contributed by atoms with Crippen molar-refractivity contribution in [2.24, 2.45) is 5.73 Å². The van der Waals surface area contributed by atoms with E-state index in [1.165, 1.54) is 18.2 Å². The van der Waals surface area contributed by atoms with E-state index in [0.29, 0.717) is 12.1 Å². The Hall–Kier alpha value is -2.59. The van der Waals surface area contributed by atoms with Gasteiger partial charge in [-0.1, -0.05) is 52.5 Å². The monoisotopic (exact) mass is 596 g/mol. The number of nitrogens with one attached hydrogen (secondary N) is 1. The smallest absolute Gasteiger partial charge is 0.369 e. The molecular formula is C24H13Cl4F5N2O2. The maximum atomic E-state index is 14.0. The lowest BCUT2D eigenvalue weighted by atomic mass is 9.88. The highest BCUT2D eigenvalue weighted by Gasteiger charge is 2.81. The van der Waals surface area contributed by atoms with E-state index in [-0.39, 0.29) is 32.4 Å². The molecule has 4 nitrogen and oxygen atoms in total. The van der Waals surface area contributed by atoms with Crippen molar-refractivity contribution in [1.29, 1.82) is 0 Å². The number of alkyl halides is 5. The predicted octanol–water partition coefficient (Wildman–Crippen LogP) is 7.24. The number of benzene rings is 3. The van der Waals surface area contributed by atoms with Crippen LogP contribution in [0.3, 0.4) is 0 Å². The number of halogens is 9. The normalized spacial score (nSPS) is 20.4.